The van der Waals surface area contributed by atoms with Gasteiger partial charge >= 0.3 is 5.97 Å². The predicted octanol–water partition coefficient (Wildman–Crippen LogP) is 3.50. The summed E-state index contributed by atoms with van der Waals surface area (Å²) in [6.07, 6.45) is 0. The van der Waals surface area contributed by atoms with Gasteiger partial charge in [-0.3, -0.25) is 9.59 Å². The number of ether oxygens (including phenoxy) is 1. The van der Waals surface area contributed by atoms with Crippen LogP contribution in [0.1, 0.15) is 20.8 Å². The molecule has 0 saturated heterocycles. The molecule has 3 rings (SSSR count). The first-order valence-electron chi connectivity index (χ1n) is 7.98. The van der Waals surface area contributed by atoms with Crippen molar-refractivity contribution in [2.75, 3.05) is 7.11 Å². The second-order valence-corrected chi connectivity index (χ2v) is 7.83. The summed E-state index contributed by atoms with van der Waals surface area (Å²) in [5, 5.41) is 2.18. The van der Waals surface area contributed by atoms with E-state index < -0.39 is 5.41 Å². The molecule has 0 aliphatic heterocycles. The molecule has 2 aromatic carbocycles. The van der Waals surface area contributed by atoms with Gasteiger partial charge in [0.15, 0.2) is 4.80 Å². The van der Waals surface area contributed by atoms with Crippen LogP contribution >= 0.6 is 11.3 Å². The molecule has 1 amide bonds. The van der Waals surface area contributed by atoms with Gasteiger partial charge in [0.2, 0.25) is 0 Å². The molecule has 130 valence electrons. The van der Waals surface area contributed by atoms with Crippen LogP contribution in [0.3, 0.4) is 0 Å². The van der Waals surface area contributed by atoms with Gasteiger partial charge in [0.25, 0.3) is 5.91 Å². The molecule has 25 heavy (non-hydrogen) atoms. The Balaban J connectivity index is 2.32. The summed E-state index contributed by atoms with van der Waals surface area (Å²) in [5.41, 5.74) is 0.288. The molecular weight excluding hydrogens is 336 g/mol. The van der Waals surface area contributed by atoms with Crippen molar-refractivity contribution in [2.24, 2.45) is 10.4 Å². The average molecular weight is 356 g/mol. The van der Waals surface area contributed by atoms with Crippen LogP contribution in [0.5, 0.6) is 0 Å². The summed E-state index contributed by atoms with van der Waals surface area (Å²) < 4.78 is 7.56. The lowest BCUT2D eigenvalue weighted by molar-refractivity contribution is -0.141. The van der Waals surface area contributed by atoms with Crippen molar-refractivity contribution in [1.29, 1.82) is 0 Å². The first-order chi connectivity index (χ1) is 11.8. The molecule has 1 heterocycles. The van der Waals surface area contributed by atoms with Crippen LogP contribution in [0, 0.1) is 5.41 Å². The number of nitrogens with zero attached hydrogens (tertiary/aromatic N) is 2. The molecule has 6 heteroatoms. The molecule has 1 aromatic heterocycles. The van der Waals surface area contributed by atoms with E-state index in [-0.39, 0.29) is 18.4 Å². The standard InChI is InChI=1S/C19H20N2O3S/c1-19(2,3)17(23)20-18-21(11-15(22)24-4)14-10-9-12-7-5-6-8-13(12)16(14)25-18/h5-10H,11H2,1-4H3. The molecule has 0 N–H and O–H groups in total. The molecule has 0 saturated carbocycles. The number of hydrogen-bond acceptors (Lipinski definition) is 4. The number of benzene rings is 2. The van der Waals surface area contributed by atoms with Crippen molar-refractivity contribution in [3.8, 4) is 0 Å². The Bertz CT molecular complexity index is 1040. The molecule has 3 aromatic rings. The lowest BCUT2D eigenvalue weighted by atomic mass is 9.96. The van der Waals surface area contributed by atoms with Crippen LogP contribution in [0.25, 0.3) is 21.0 Å². The van der Waals surface area contributed by atoms with Crippen LogP contribution < -0.4 is 4.80 Å². The number of hydrogen-bond donors (Lipinski definition) is 0. The van der Waals surface area contributed by atoms with Crippen LogP contribution in [0.4, 0.5) is 0 Å². The molecule has 0 aliphatic rings. The first kappa shape index (κ1) is 17.4. The summed E-state index contributed by atoms with van der Waals surface area (Å²) in [7, 11) is 1.35. The van der Waals surface area contributed by atoms with E-state index in [9.17, 15) is 9.59 Å². The number of rotatable bonds is 2. The van der Waals surface area contributed by atoms with Crippen molar-refractivity contribution < 1.29 is 14.3 Å². The zero-order valence-electron chi connectivity index (χ0n) is 14.7. The maximum Gasteiger partial charge on any atom is 0.325 e. The van der Waals surface area contributed by atoms with Crippen molar-refractivity contribution in [2.45, 2.75) is 27.3 Å². The highest BCUT2D eigenvalue weighted by atomic mass is 32.1. The topological polar surface area (TPSA) is 60.7 Å². The van der Waals surface area contributed by atoms with Gasteiger partial charge < -0.3 is 9.30 Å². The van der Waals surface area contributed by atoms with E-state index in [2.05, 4.69) is 4.99 Å². The molecule has 5 nitrogen and oxygen atoms in total. The van der Waals surface area contributed by atoms with E-state index in [1.54, 1.807) is 4.57 Å². The second kappa shape index (κ2) is 6.44. The van der Waals surface area contributed by atoms with Gasteiger partial charge in [-0.1, -0.05) is 62.4 Å². The highest BCUT2D eigenvalue weighted by molar-refractivity contribution is 7.17. The van der Waals surface area contributed by atoms with Crippen LogP contribution in [-0.2, 0) is 20.9 Å². The fourth-order valence-corrected chi connectivity index (χ4v) is 3.65. The molecule has 0 unspecified atom stereocenters. The van der Waals surface area contributed by atoms with Crippen LogP contribution in [0.15, 0.2) is 41.4 Å². The number of amides is 1. The van der Waals surface area contributed by atoms with Crippen molar-refractivity contribution in [1.82, 2.24) is 4.57 Å². The highest BCUT2D eigenvalue weighted by Crippen LogP contribution is 2.28. The van der Waals surface area contributed by atoms with Gasteiger partial charge in [-0.15, -0.1) is 0 Å². The van der Waals surface area contributed by atoms with Gasteiger partial charge in [-0.25, -0.2) is 0 Å². The summed E-state index contributed by atoms with van der Waals surface area (Å²) >= 11 is 1.42. The normalized spacial score (nSPS) is 12.7. The van der Waals surface area contributed by atoms with E-state index in [4.69, 9.17) is 4.74 Å². The number of aromatic nitrogens is 1. The maximum atomic E-state index is 12.4. The van der Waals surface area contributed by atoms with Crippen LogP contribution in [-0.4, -0.2) is 23.6 Å². The fraction of sp³-hybridized carbons (Fsp3) is 0.316. The SMILES string of the molecule is COC(=O)Cn1c(=NC(=O)C(C)(C)C)sc2c3ccccc3ccc21. The molecule has 0 aliphatic carbocycles. The third kappa shape index (κ3) is 3.35. The van der Waals surface area contributed by atoms with Gasteiger partial charge in [-0.05, 0) is 11.5 Å². The Labute approximate surface area is 149 Å². The Morgan fingerprint density at radius 2 is 1.88 bits per heavy atom. The zero-order valence-corrected chi connectivity index (χ0v) is 15.5. The zero-order chi connectivity index (χ0) is 18.2. The Morgan fingerprint density at radius 3 is 2.56 bits per heavy atom. The summed E-state index contributed by atoms with van der Waals surface area (Å²) in [6.45, 7) is 5.50. The first-order valence-corrected chi connectivity index (χ1v) is 8.80. The van der Waals surface area contributed by atoms with Gasteiger partial charge in [0, 0.05) is 10.8 Å². The average Bonchev–Trinajstić information content (AvgIpc) is 2.91. The van der Waals surface area contributed by atoms with Gasteiger partial charge in [-0.2, -0.15) is 4.99 Å². The second-order valence-electron chi connectivity index (χ2n) is 6.85. The van der Waals surface area contributed by atoms with E-state index in [0.717, 1.165) is 21.0 Å². The molecule has 0 radical (unpaired) electrons. The number of carbonyl (C=O) groups is 2. The quantitative estimate of drug-likeness (QED) is 0.660. The van der Waals surface area contributed by atoms with E-state index in [1.165, 1.54) is 18.4 Å². The predicted molar refractivity (Wildman–Crippen MR) is 99.4 cm³/mol. The van der Waals surface area contributed by atoms with Crippen molar-refractivity contribution >= 4 is 44.2 Å². The Hall–Kier alpha value is -2.47. The molecule has 0 bridgehead atoms. The minimum Gasteiger partial charge on any atom is -0.468 e. The van der Waals surface area contributed by atoms with E-state index >= 15 is 0 Å². The minimum atomic E-state index is -0.582. The number of methoxy groups -OCH3 is 1. The van der Waals surface area contributed by atoms with Gasteiger partial charge in [0.05, 0.1) is 17.3 Å². The summed E-state index contributed by atoms with van der Waals surface area (Å²) in [4.78, 5) is 29.1. The number of carbonyl (C=O) groups excluding carboxylic acids is 2. The Morgan fingerprint density at radius 1 is 1.16 bits per heavy atom. The monoisotopic (exact) mass is 356 g/mol. The highest BCUT2D eigenvalue weighted by Gasteiger charge is 2.21. The number of thiazole rings is 1. The molecule has 0 atom stereocenters. The summed E-state index contributed by atoms with van der Waals surface area (Å²) in [6, 6.07) is 12.0. The van der Waals surface area contributed by atoms with Crippen molar-refractivity contribution in [3.63, 3.8) is 0 Å². The van der Waals surface area contributed by atoms with E-state index in [1.807, 2.05) is 57.2 Å². The largest absolute Gasteiger partial charge is 0.468 e. The smallest absolute Gasteiger partial charge is 0.325 e. The summed E-state index contributed by atoms with van der Waals surface area (Å²) in [5.74, 6) is -0.598. The van der Waals surface area contributed by atoms with Crippen molar-refractivity contribution in [3.05, 3.63) is 41.2 Å². The third-order valence-electron chi connectivity index (χ3n) is 3.93. The lowest BCUT2D eigenvalue weighted by Gasteiger charge is -2.11. The number of fused-ring (bicyclic) bond motifs is 3. The van der Waals surface area contributed by atoms with Crippen LogP contribution in [0.2, 0.25) is 0 Å². The van der Waals surface area contributed by atoms with E-state index in [0.29, 0.717) is 4.80 Å². The van der Waals surface area contributed by atoms with Gasteiger partial charge in [0.1, 0.15) is 6.54 Å². The number of esters is 1. The maximum absolute atomic E-state index is 12.4. The fourth-order valence-electron chi connectivity index (χ4n) is 2.48. The molecule has 0 fully saturated rings. The lowest BCUT2D eigenvalue weighted by Crippen LogP contribution is -2.26. The molecular formula is C19H20N2O3S. The minimum absolute atomic E-state index is 0.0189. The third-order valence-corrected chi connectivity index (χ3v) is 5.05. The molecule has 0 spiro atoms. The Kier molecular flexibility index (Phi) is 4.47.